The summed E-state index contributed by atoms with van der Waals surface area (Å²) in [4.78, 5) is 22.5. The number of benzene rings is 1. The van der Waals surface area contributed by atoms with E-state index in [0.29, 0.717) is 53.3 Å². The normalized spacial score (nSPS) is 15.0. The Labute approximate surface area is 210 Å². The Kier molecular flexibility index (Phi) is 8.63. The van der Waals surface area contributed by atoms with Crippen molar-refractivity contribution in [2.45, 2.75) is 32.8 Å². The quantitative estimate of drug-likeness (QED) is 0.388. The summed E-state index contributed by atoms with van der Waals surface area (Å²) in [6.07, 6.45) is 1.22. The summed E-state index contributed by atoms with van der Waals surface area (Å²) in [5, 5.41) is 19.9. The first-order valence-electron chi connectivity index (χ1n) is 12.2. The Morgan fingerprint density at radius 2 is 2.03 bits per heavy atom. The van der Waals surface area contributed by atoms with Gasteiger partial charge in [-0.25, -0.2) is 9.97 Å². The molecule has 0 bridgehead atoms. The number of aliphatic hydroxyl groups excluding tert-OH is 1. The molecule has 4 rings (SSSR count). The lowest BCUT2D eigenvalue weighted by atomic mass is 10.0. The van der Waals surface area contributed by atoms with Crippen LogP contribution in [0.3, 0.4) is 0 Å². The number of aromatic nitrogens is 3. The van der Waals surface area contributed by atoms with Crippen molar-refractivity contribution in [3.8, 4) is 28.4 Å². The Bertz CT molecular complexity index is 1160. The lowest BCUT2D eigenvalue weighted by Gasteiger charge is -2.22. The summed E-state index contributed by atoms with van der Waals surface area (Å²) in [6.45, 7) is 6.23. The van der Waals surface area contributed by atoms with Crippen molar-refractivity contribution in [2.24, 2.45) is 5.92 Å². The number of amides is 1. The van der Waals surface area contributed by atoms with Crippen LogP contribution in [0.5, 0.6) is 5.75 Å². The zero-order valence-corrected chi connectivity index (χ0v) is 20.9. The van der Waals surface area contributed by atoms with Gasteiger partial charge in [-0.1, -0.05) is 17.3 Å². The number of hydrogen-bond donors (Lipinski definition) is 3. The minimum atomic E-state index is -0.635. The van der Waals surface area contributed by atoms with Gasteiger partial charge in [0, 0.05) is 31.9 Å². The van der Waals surface area contributed by atoms with Gasteiger partial charge in [0.25, 0.3) is 5.91 Å². The maximum Gasteiger partial charge on any atom is 0.270 e. The van der Waals surface area contributed by atoms with Crippen LogP contribution in [-0.4, -0.2) is 72.2 Å². The number of hydrogen-bond acceptors (Lipinski definition) is 9. The fraction of sp³-hybridized carbons (Fsp3) is 0.462. The second-order valence-electron chi connectivity index (χ2n) is 8.98. The Morgan fingerprint density at radius 3 is 2.75 bits per heavy atom. The highest BCUT2D eigenvalue weighted by molar-refractivity contribution is 5.94. The number of ether oxygens (including phenoxy) is 2. The van der Waals surface area contributed by atoms with E-state index < -0.39 is 6.10 Å². The number of nitrogens with one attached hydrogen (secondary N) is 2. The topological polar surface area (TPSA) is 132 Å². The molecule has 10 heteroatoms. The fourth-order valence-electron chi connectivity index (χ4n) is 4.16. The van der Waals surface area contributed by atoms with E-state index in [2.05, 4.69) is 20.8 Å². The number of aliphatic hydroxyl groups is 1. The minimum absolute atomic E-state index is 0.143. The molecule has 2 aromatic heterocycles. The molecule has 1 amide bonds. The molecule has 1 unspecified atom stereocenters. The van der Waals surface area contributed by atoms with Gasteiger partial charge in [-0.3, -0.25) is 4.79 Å². The van der Waals surface area contributed by atoms with E-state index in [1.807, 2.05) is 26.0 Å². The Balaban J connectivity index is 1.63. The van der Waals surface area contributed by atoms with Crippen molar-refractivity contribution in [2.75, 3.05) is 40.0 Å². The lowest BCUT2D eigenvalue weighted by molar-refractivity contribution is 0.0642. The van der Waals surface area contributed by atoms with Crippen molar-refractivity contribution in [3.63, 3.8) is 0 Å². The van der Waals surface area contributed by atoms with Gasteiger partial charge in [-0.15, -0.1) is 0 Å². The highest BCUT2D eigenvalue weighted by atomic mass is 16.5. The van der Waals surface area contributed by atoms with Crippen molar-refractivity contribution in [1.29, 1.82) is 0 Å². The molecule has 0 radical (unpaired) electrons. The van der Waals surface area contributed by atoms with Crippen LogP contribution in [-0.2, 0) is 4.74 Å². The van der Waals surface area contributed by atoms with Crippen LogP contribution in [0.25, 0.3) is 22.6 Å². The zero-order chi connectivity index (χ0) is 25.5. The van der Waals surface area contributed by atoms with Gasteiger partial charge in [0.15, 0.2) is 5.82 Å². The standard InChI is InChI=1S/C26H33N5O5/c1-16-24(17(2)36-31-16)22-12-23(26(33)28-13-18-7-9-34-10-8-18)30-25(29-22)19-5-4-6-21(11-19)35-15-20(32)14-27-3/h4-6,11-12,18,20,27,32H,7-10,13-15H2,1-3H3,(H,28,33). The number of nitrogens with zero attached hydrogens (tertiary/aromatic N) is 3. The van der Waals surface area contributed by atoms with Crippen molar-refractivity contribution in [1.82, 2.24) is 25.8 Å². The SMILES string of the molecule is CNCC(O)COc1cccc(-c2nc(C(=O)NCC3CCOCC3)cc(-c3c(C)noc3C)n2)c1. The van der Waals surface area contributed by atoms with E-state index in [0.717, 1.165) is 31.6 Å². The molecule has 3 aromatic rings. The van der Waals surface area contributed by atoms with Crippen LogP contribution in [0.15, 0.2) is 34.9 Å². The maximum atomic E-state index is 13.1. The molecule has 1 atom stereocenters. The minimum Gasteiger partial charge on any atom is -0.491 e. The summed E-state index contributed by atoms with van der Waals surface area (Å²) in [5.74, 6) is 1.68. The summed E-state index contributed by atoms with van der Waals surface area (Å²) < 4.78 is 16.5. The molecule has 0 spiro atoms. The zero-order valence-electron chi connectivity index (χ0n) is 20.9. The lowest BCUT2D eigenvalue weighted by Crippen LogP contribution is -2.32. The predicted molar refractivity (Wildman–Crippen MR) is 134 cm³/mol. The first kappa shape index (κ1) is 25.7. The molecule has 3 heterocycles. The molecule has 1 aliphatic heterocycles. The molecular weight excluding hydrogens is 462 g/mol. The molecule has 0 aliphatic carbocycles. The van der Waals surface area contributed by atoms with Gasteiger partial charge in [-0.2, -0.15) is 0 Å². The maximum absolute atomic E-state index is 13.1. The number of carbonyl (C=O) groups is 1. The van der Waals surface area contributed by atoms with Crippen LogP contribution in [0, 0.1) is 19.8 Å². The summed E-state index contributed by atoms with van der Waals surface area (Å²) >= 11 is 0. The van der Waals surface area contributed by atoms with Crippen LogP contribution in [0.2, 0.25) is 0 Å². The third kappa shape index (κ3) is 6.45. The van der Waals surface area contributed by atoms with Crippen molar-refractivity contribution >= 4 is 5.91 Å². The Hall–Kier alpha value is -3.34. The number of aryl methyl sites for hydroxylation is 2. The van der Waals surface area contributed by atoms with Crippen LogP contribution < -0.4 is 15.4 Å². The van der Waals surface area contributed by atoms with Gasteiger partial charge >= 0.3 is 0 Å². The number of likely N-dealkylation sites (N-methyl/N-ethyl adjacent to an activating group) is 1. The highest BCUT2D eigenvalue weighted by Gasteiger charge is 2.21. The van der Waals surface area contributed by atoms with E-state index >= 15 is 0 Å². The summed E-state index contributed by atoms with van der Waals surface area (Å²) in [6, 6.07) is 8.94. The fourth-order valence-corrected chi connectivity index (χ4v) is 4.16. The molecular formula is C26H33N5O5. The van der Waals surface area contributed by atoms with Crippen LogP contribution in [0.4, 0.5) is 0 Å². The highest BCUT2D eigenvalue weighted by Crippen LogP contribution is 2.29. The third-order valence-corrected chi connectivity index (χ3v) is 6.11. The molecule has 1 aliphatic rings. The molecule has 1 aromatic carbocycles. The van der Waals surface area contributed by atoms with Crippen LogP contribution in [0.1, 0.15) is 34.8 Å². The molecule has 36 heavy (non-hydrogen) atoms. The molecule has 1 saturated heterocycles. The average Bonchev–Trinajstić information content (AvgIpc) is 3.24. The Morgan fingerprint density at radius 1 is 1.22 bits per heavy atom. The smallest absolute Gasteiger partial charge is 0.270 e. The van der Waals surface area contributed by atoms with Crippen molar-refractivity contribution in [3.05, 3.63) is 47.5 Å². The monoisotopic (exact) mass is 495 g/mol. The summed E-state index contributed by atoms with van der Waals surface area (Å²) in [7, 11) is 1.77. The van der Waals surface area contributed by atoms with Gasteiger partial charge in [0.2, 0.25) is 0 Å². The molecule has 1 fully saturated rings. The number of rotatable bonds is 10. The van der Waals surface area contributed by atoms with Gasteiger partial charge in [0.1, 0.15) is 29.9 Å². The molecule has 0 saturated carbocycles. The summed E-state index contributed by atoms with van der Waals surface area (Å²) in [5.41, 5.74) is 2.92. The van der Waals surface area contributed by atoms with E-state index in [1.165, 1.54) is 0 Å². The molecule has 3 N–H and O–H groups in total. The van der Waals surface area contributed by atoms with Gasteiger partial charge in [0.05, 0.1) is 17.0 Å². The van der Waals surface area contributed by atoms with E-state index in [1.54, 1.807) is 25.2 Å². The largest absolute Gasteiger partial charge is 0.491 e. The molecule has 192 valence electrons. The van der Waals surface area contributed by atoms with E-state index in [-0.39, 0.29) is 18.2 Å². The van der Waals surface area contributed by atoms with Crippen LogP contribution >= 0.6 is 0 Å². The van der Waals surface area contributed by atoms with E-state index in [9.17, 15) is 9.90 Å². The number of carbonyl (C=O) groups excluding carboxylic acids is 1. The molecule has 10 nitrogen and oxygen atoms in total. The van der Waals surface area contributed by atoms with Crippen molar-refractivity contribution < 1.29 is 23.9 Å². The first-order chi connectivity index (χ1) is 17.4. The van der Waals surface area contributed by atoms with Gasteiger partial charge < -0.3 is 29.7 Å². The van der Waals surface area contributed by atoms with Gasteiger partial charge in [-0.05, 0) is 57.9 Å². The second-order valence-corrected chi connectivity index (χ2v) is 8.98. The third-order valence-electron chi connectivity index (χ3n) is 6.11. The average molecular weight is 496 g/mol. The second kappa shape index (κ2) is 12.1. The van der Waals surface area contributed by atoms with E-state index in [4.69, 9.17) is 19.0 Å². The predicted octanol–water partition coefficient (Wildman–Crippen LogP) is 2.53. The first-order valence-corrected chi connectivity index (χ1v) is 12.2.